The monoisotopic (exact) mass is 238 g/mol. The normalized spacial score (nSPS) is 22.6. The summed E-state index contributed by atoms with van der Waals surface area (Å²) in [6, 6.07) is 0.399. The highest BCUT2D eigenvalue weighted by Gasteiger charge is 2.42. The Hall–Kier alpha value is -0.570. The molecule has 98 valence electrons. The quantitative estimate of drug-likeness (QED) is 0.770. The third-order valence-electron chi connectivity index (χ3n) is 4.11. The largest absolute Gasteiger partial charge is 0.353 e. The second kappa shape index (κ2) is 4.60. The second-order valence-electron chi connectivity index (χ2n) is 6.94. The lowest BCUT2D eigenvalue weighted by atomic mass is 9.85. The molecule has 0 bridgehead atoms. The van der Waals surface area contributed by atoms with Crippen LogP contribution in [0.3, 0.4) is 0 Å². The van der Waals surface area contributed by atoms with E-state index < -0.39 is 0 Å². The van der Waals surface area contributed by atoms with Gasteiger partial charge >= 0.3 is 0 Å². The molecule has 17 heavy (non-hydrogen) atoms. The summed E-state index contributed by atoms with van der Waals surface area (Å²) >= 11 is 0. The van der Waals surface area contributed by atoms with Gasteiger partial charge in [-0.05, 0) is 42.9 Å². The Bertz CT molecular complexity index is 275. The van der Waals surface area contributed by atoms with Crippen molar-refractivity contribution in [2.45, 2.75) is 65.0 Å². The van der Waals surface area contributed by atoms with Gasteiger partial charge in [-0.3, -0.25) is 4.79 Å². The van der Waals surface area contributed by atoms with Crippen LogP contribution in [-0.2, 0) is 4.79 Å². The summed E-state index contributed by atoms with van der Waals surface area (Å²) in [5.74, 6) is 1.67. The van der Waals surface area contributed by atoms with E-state index in [0.29, 0.717) is 12.5 Å². The molecule has 1 unspecified atom stereocenters. The zero-order valence-electron chi connectivity index (χ0n) is 11.3. The Kier molecular flexibility index (Phi) is 3.48. The third kappa shape index (κ3) is 3.70. The van der Waals surface area contributed by atoms with Crippen molar-refractivity contribution in [1.82, 2.24) is 5.32 Å². The summed E-state index contributed by atoms with van der Waals surface area (Å²) in [5.41, 5.74) is 6.06. The number of hydrogen-bond donors (Lipinski definition) is 2. The van der Waals surface area contributed by atoms with Gasteiger partial charge < -0.3 is 11.1 Å². The molecule has 0 aromatic carbocycles. The average molecular weight is 238 g/mol. The van der Waals surface area contributed by atoms with Crippen molar-refractivity contribution in [3.8, 4) is 0 Å². The SMILES string of the molecule is CC(C)(C)C(N)CC(=O)NC(C1CC1)C1CC1. The number of hydrogen-bond acceptors (Lipinski definition) is 2. The molecule has 2 aliphatic carbocycles. The van der Waals surface area contributed by atoms with Crippen molar-refractivity contribution >= 4 is 5.91 Å². The van der Waals surface area contributed by atoms with Gasteiger partial charge in [-0.2, -0.15) is 0 Å². The first-order valence-corrected chi connectivity index (χ1v) is 6.93. The third-order valence-corrected chi connectivity index (χ3v) is 4.11. The predicted octanol–water partition coefficient (Wildman–Crippen LogP) is 2.05. The van der Waals surface area contributed by atoms with Crippen LogP contribution in [0.1, 0.15) is 52.9 Å². The minimum absolute atomic E-state index is 0.00595. The zero-order chi connectivity index (χ0) is 12.6. The van der Waals surface area contributed by atoms with Crippen molar-refractivity contribution in [3.05, 3.63) is 0 Å². The van der Waals surface area contributed by atoms with E-state index >= 15 is 0 Å². The highest BCUT2D eigenvalue weighted by Crippen LogP contribution is 2.44. The predicted molar refractivity (Wildman–Crippen MR) is 69.4 cm³/mol. The van der Waals surface area contributed by atoms with E-state index in [1.54, 1.807) is 0 Å². The number of nitrogens with one attached hydrogen (secondary N) is 1. The molecular formula is C14H26N2O. The molecule has 0 saturated heterocycles. The Morgan fingerprint density at radius 2 is 1.71 bits per heavy atom. The van der Waals surface area contributed by atoms with Crippen molar-refractivity contribution < 1.29 is 4.79 Å². The molecule has 0 aliphatic heterocycles. The number of rotatable bonds is 5. The summed E-state index contributed by atoms with van der Waals surface area (Å²) < 4.78 is 0. The van der Waals surface area contributed by atoms with Gasteiger partial charge in [0.15, 0.2) is 0 Å². The molecule has 3 N–H and O–H groups in total. The second-order valence-corrected chi connectivity index (χ2v) is 6.94. The molecule has 2 saturated carbocycles. The fourth-order valence-corrected chi connectivity index (χ4v) is 2.28. The number of carbonyl (C=O) groups excluding carboxylic acids is 1. The van der Waals surface area contributed by atoms with Gasteiger partial charge in [0.05, 0.1) is 0 Å². The van der Waals surface area contributed by atoms with E-state index in [1.165, 1.54) is 25.7 Å². The van der Waals surface area contributed by atoms with E-state index in [9.17, 15) is 4.79 Å². The maximum atomic E-state index is 12.0. The number of nitrogens with two attached hydrogens (primary N) is 1. The van der Waals surface area contributed by atoms with Crippen LogP contribution in [0.5, 0.6) is 0 Å². The fourth-order valence-electron chi connectivity index (χ4n) is 2.28. The highest BCUT2D eigenvalue weighted by molar-refractivity contribution is 5.77. The van der Waals surface area contributed by atoms with E-state index in [4.69, 9.17) is 5.73 Å². The molecule has 2 aliphatic rings. The molecule has 0 aromatic heterocycles. The fraction of sp³-hybridized carbons (Fsp3) is 0.929. The van der Waals surface area contributed by atoms with E-state index in [-0.39, 0.29) is 17.4 Å². The van der Waals surface area contributed by atoms with Gasteiger partial charge in [-0.15, -0.1) is 0 Å². The van der Waals surface area contributed by atoms with Crippen LogP contribution in [0.4, 0.5) is 0 Å². The van der Waals surface area contributed by atoms with Crippen molar-refractivity contribution in [3.63, 3.8) is 0 Å². The van der Waals surface area contributed by atoms with Gasteiger partial charge in [0.1, 0.15) is 0 Å². The van der Waals surface area contributed by atoms with Crippen molar-refractivity contribution in [1.29, 1.82) is 0 Å². The lowest BCUT2D eigenvalue weighted by Crippen LogP contribution is -2.44. The first-order valence-electron chi connectivity index (χ1n) is 6.93. The van der Waals surface area contributed by atoms with Crippen LogP contribution in [0.15, 0.2) is 0 Å². The summed E-state index contributed by atoms with van der Waals surface area (Å²) in [4.78, 5) is 12.0. The smallest absolute Gasteiger partial charge is 0.221 e. The summed E-state index contributed by atoms with van der Waals surface area (Å²) in [7, 11) is 0. The molecule has 2 rings (SSSR count). The molecule has 2 fully saturated rings. The lowest BCUT2D eigenvalue weighted by molar-refractivity contribution is -0.123. The van der Waals surface area contributed by atoms with Gasteiger partial charge in [0.2, 0.25) is 5.91 Å². The van der Waals surface area contributed by atoms with Crippen LogP contribution < -0.4 is 11.1 Å². The molecule has 1 atom stereocenters. The minimum atomic E-state index is -0.0541. The van der Waals surface area contributed by atoms with Crippen LogP contribution in [0.2, 0.25) is 0 Å². The molecule has 0 aromatic rings. The number of amides is 1. The van der Waals surface area contributed by atoms with Crippen LogP contribution in [-0.4, -0.2) is 18.0 Å². The maximum Gasteiger partial charge on any atom is 0.221 e. The van der Waals surface area contributed by atoms with Gasteiger partial charge in [0.25, 0.3) is 0 Å². The summed E-state index contributed by atoms with van der Waals surface area (Å²) in [5, 5.41) is 3.22. The molecule has 0 spiro atoms. The van der Waals surface area contributed by atoms with E-state index in [2.05, 4.69) is 26.1 Å². The standard InChI is InChI=1S/C14H26N2O/c1-14(2,3)11(15)8-12(17)16-13(9-4-5-9)10-6-7-10/h9-11,13H,4-8,15H2,1-3H3,(H,16,17). The van der Waals surface area contributed by atoms with Crippen LogP contribution in [0, 0.1) is 17.3 Å². The lowest BCUT2D eigenvalue weighted by Gasteiger charge is -2.27. The van der Waals surface area contributed by atoms with Crippen LogP contribution in [0.25, 0.3) is 0 Å². The molecule has 3 heteroatoms. The first kappa shape index (κ1) is 12.9. The van der Waals surface area contributed by atoms with E-state index in [1.807, 2.05) is 0 Å². The Balaban J connectivity index is 1.79. The summed E-state index contributed by atoms with van der Waals surface area (Å²) in [6.45, 7) is 6.26. The molecule has 0 radical (unpaired) electrons. The van der Waals surface area contributed by atoms with Crippen molar-refractivity contribution in [2.24, 2.45) is 23.0 Å². The summed E-state index contributed by atoms with van der Waals surface area (Å²) in [6.07, 6.45) is 5.65. The topological polar surface area (TPSA) is 55.1 Å². The molecule has 1 amide bonds. The zero-order valence-corrected chi connectivity index (χ0v) is 11.3. The Morgan fingerprint density at radius 1 is 1.24 bits per heavy atom. The Labute approximate surface area is 105 Å². The van der Waals surface area contributed by atoms with E-state index in [0.717, 1.165) is 11.8 Å². The highest BCUT2D eigenvalue weighted by atomic mass is 16.1. The van der Waals surface area contributed by atoms with Crippen molar-refractivity contribution in [2.75, 3.05) is 0 Å². The molecule has 3 nitrogen and oxygen atoms in total. The average Bonchev–Trinajstić information content (AvgIpc) is 3.05. The minimum Gasteiger partial charge on any atom is -0.353 e. The molecule has 0 heterocycles. The van der Waals surface area contributed by atoms with Gasteiger partial charge in [-0.25, -0.2) is 0 Å². The molecular weight excluding hydrogens is 212 g/mol. The Morgan fingerprint density at radius 3 is 2.06 bits per heavy atom. The van der Waals surface area contributed by atoms with Gasteiger partial charge in [0, 0.05) is 18.5 Å². The van der Waals surface area contributed by atoms with Gasteiger partial charge in [-0.1, -0.05) is 20.8 Å². The first-order chi connectivity index (χ1) is 7.88. The number of carbonyl (C=O) groups is 1. The van der Waals surface area contributed by atoms with Crippen LogP contribution >= 0.6 is 0 Å². The maximum absolute atomic E-state index is 12.0.